The zero-order valence-corrected chi connectivity index (χ0v) is 10.5. The Morgan fingerprint density at radius 2 is 2.43 bits per heavy atom. The summed E-state index contributed by atoms with van der Waals surface area (Å²) in [5, 5.41) is 4.80. The Balaban J connectivity index is 2.03. The average molecular weight is 295 g/mol. The van der Waals surface area contributed by atoms with Crippen molar-refractivity contribution in [3.05, 3.63) is 20.8 Å². The largest absolute Gasteiger partial charge is 0.345 e. The molecular weight excluding hydrogens is 286 g/mol. The molecule has 0 aromatic carbocycles. The number of rotatable bonds is 3. The summed E-state index contributed by atoms with van der Waals surface area (Å²) in [6.07, 6.45) is 1.99. The molecule has 1 aliphatic rings. The van der Waals surface area contributed by atoms with E-state index in [1.54, 1.807) is 0 Å². The lowest BCUT2D eigenvalue weighted by Crippen LogP contribution is -2.37. The molecule has 5 heteroatoms. The summed E-state index contributed by atoms with van der Waals surface area (Å²) in [6.45, 7) is 0. The van der Waals surface area contributed by atoms with E-state index in [2.05, 4.69) is 21.2 Å². The van der Waals surface area contributed by atoms with E-state index >= 15 is 0 Å². The van der Waals surface area contributed by atoms with Crippen molar-refractivity contribution in [1.29, 1.82) is 0 Å². The number of nitrogens with one attached hydrogen (secondary N) is 1. The molecule has 0 unspecified atom stereocenters. The standard InChI is InChI=1S/C9H9BrClNOS/c10-7-3-6(4-14-7)8(13)12-9(5-11)1-2-9/h3-4H,1-2,5H2,(H,12,13). The summed E-state index contributed by atoms with van der Waals surface area (Å²) < 4.78 is 0.971. The molecular formula is C9H9BrClNOS. The van der Waals surface area contributed by atoms with Crippen molar-refractivity contribution in [2.24, 2.45) is 0 Å². The molecule has 2 rings (SSSR count). The number of carbonyl (C=O) groups is 1. The zero-order valence-electron chi connectivity index (χ0n) is 7.35. The SMILES string of the molecule is O=C(NC1(CCl)CC1)c1csc(Br)c1. The van der Waals surface area contributed by atoms with Crippen molar-refractivity contribution in [2.45, 2.75) is 18.4 Å². The lowest BCUT2D eigenvalue weighted by atomic mass is 10.2. The van der Waals surface area contributed by atoms with E-state index in [9.17, 15) is 4.79 Å². The zero-order chi connectivity index (χ0) is 10.2. The number of thiophene rings is 1. The van der Waals surface area contributed by atoms with Gasteiger partial charge in [-0.1, -0.05) is 0 Å². The van der Waals surface area contributed by atoms with Crippen molar-refractivity contribution in [3.63, 3.8) is 0 Å². The second-order valence-electron chi connectivity index (χ2n) is 3.51. The van der Waals surface area contributed by atoms with Crippen LogP contribution in [0, 0.1) is 0 Å². The van der Waals surface area contributed by atoms with Gasteiger partial charge in [0.25, 0.3) is 5.91 Å². The first-order valence-electron chi connectivity index (χ1n) is 4.28. The number of hydrogen-bond acceptors (Lipinski definition) is 2. The monoisotopic (exact) mass is 293 g/mol. The van der Waals surface area contributed by atoms with Crippen LogP contribution in [0.25, 0.3) is 0 Å². The van der Waals surface area contributed by atoms with Gasteiger partial charge in [0, 0.05) is 11.3 Å². The minimum atomic E-state index is -0.118. The van der Waals surface area contributed by atoms with Gasteiger partial charge >= 0.3 is 0 Å². The molecule has 0 saturated heterocycles. The van der Waals surface area contributed by atoms with Gasteiger partial charge in [-0.25, -0.2) is 0 Å². The fraction of sp³-hybridized carbons (Fsp3) is 0.444. The number of alkyl halides is 1. The van der Waals surface area contributed by atoms with Crippen molar-refractivity contribution >= 4 is 44.8 Å². The van der Waals surface area contributed by atoms with Crippen LogP contribution in [-0.2, 0) is 0 Å². The molecule has 1 heterocycles. The molecule has 14 heavy (non-hydrogen) atoms. The summed E-state index contributed by atoms with van der Waals surface area (Å²) >= 11 is 10.6. The first kappa shape index (κ1) is 10.5. The van der Waals surface area contributed by atoms with Crippen molar-refractivity contribution < 1.29 is 4.79 Å². The van der Waals surface area contributed by atoms with Crippen LogP contribution < -0.4 is 5.32 Å². The fourth-order valence-electron chi connectivity index (χ4n) is 1.19. The van der Waals surface area contributed by atoms with Gasteiger partial charge in [-0.05, 0) is 34.8 Å². The minimum Gasteiger partial charge on any atom is -0.345 e. The van der Waals surface area contributed by atoms with Gasteiger partial charge in [0.05, 0.1) is 14.9 Å². The van der Waals surface area contributed by atoms with Crippen LogP contribution in [0.5, 0.6) is 0 Å². The maximum absolute atomic E-state index is 11.7. The molecule has 0 aliphatic heterocycles. The van der Waals surface area contributed by atoms with Gasteiger partial charge < -0.3 is 5.32 Å². The van der Waals surface area contributed by atoms with Crippen LogP contribution in [0.3, 0.4) is 0 Å². The quantitative estimate of drug-likeness (QED) is 0.853. The highest BCUT2D eigenvalue weighted by molar-refractivity contribution is 9.11. The van der Waals surface area contributed by atoms with E-state index in [-0.39, 0.29) is 11.4 Å². The molecule has 0 radical (unpaired) electrons. The molecule has 1 fully saturated rings. The predicted molar refractivity (Wildman–Crippen MR) is 62.2 cm³/mol. The maximum atomic E-state index is 11.7. The summed E-state index contributed by atoms with van der Waals surface area (Å²) in [5.74, 6) is 0.481. The van der Waals surface area contributed by atoms with Gasteiger partial charge in [-0.3, -0.25) is 4.79 Å². The number of amides is 1. The molecule has 1 saturated carbocycles. The third-order valence-corrected chi connectivity index (χ3v) is 4.33. The Labute approximate surface area is 99.8 Å². The van der Waals surface area contributed by atoms with E-state index < -0.39 is 0 Å². The van der Waals surface area contributed by atoms with Crippen molar-refractivity contribution in [2.75, 3.05) is 5.88 Å². The minimum absolute atomic E-state index is 0.0231. The predicted octanol–water partition coefficient (Wildman–Crippen LogP) is 3.01. The highest BCUT2D eigenvalue weighted by Crippen LogP contribution is 2.36. The fourth-order valence-corrected chi connectivity index (χ4v) is 2.66. The van der Waals surface area contributed by atoms with E-state index in [1.165, 1.54) is 11.3 Å². The normalized spacial score (nSPS) is 17.9. The molecule has 2 nitrogen and oxygen atoms in total. The maximum Gasteiger partial charge on any atom is 0.252 e. The smallest absolute Gasteiger partial charge is 0.252 e. The highest BCUT2D eigenvalue weighted by Gasteiger charge is 2.43. The third kappa shape index (κ3) is 2.12. The van der Waals surface area contributed by atoms with E-state index in [0.29, 0.717) is 11.4 Å². The van der Waals surface area contributed by atoms with E-state index in [4.69, 9.17) is 11.6 Å². The van der Waals surface area contributed by atoms with Gasteiger partial charge in [0.2, 0.25) is 0 Å². The second-order valence-corrected chi connectivity index (χ2v) is 6.07. The lowest BCUT2D eigenvalue weighted by Gasteiger charge is -2.12. The van der Waals surface area contributed by atoms with E-state index in [0.717, 1.165) is 16.6 Å². The van der Waals surface area contributed by atoms with Crippen LogP contribution in [0.2, 0.25) is 0 Å². The number of carbonyl (C=O) groups excluding carboxylic acids is 1. The lowest BCUT2D eigenvalue weighted by molar-refractivity contribution is 0.0936. The molecule has 1 N–H and O–H groups in total. The highest BCUT2D eigenvalue weighted by atomic mass is 79.9. The second kappa shape index (κ2) is 3.83. The van der Waals surface area contributed by atoms with Crippen LogP contribution in [-0.4, -0.2) is 17.3 Å². The molecule has 1 aliphatic carbocycles. The summed E-state index contributed by atoms with van der Waals surface area (Å²) in [4.78, 5) is 11.7. The Bertz CT molecular complexity index is 361. The number of hydrogen-bond donors (Lipinski definition) is 1. The van der Waals surface area contributed by atoms with Crippen LogP contribution in [0.4, 0.5) is 0 Å². The molecule has 76 valence electrons. The summed E-state index contributed by atoms with van der Waals surface area (Å²) in [6, 6.07) is 1.82. The third-order valence-electron chi connectivity index (χ3n) is 2.32. The molecule has 1 amide bonds. The Morgan fingerprint density at radius 1 is 1.71 bits per heavy atom. The van der Waals surface area contributed by atoms with Gasteiger partial charge in [-0.15, -0.1) is 22.9 Å². The molecule has 0 spiro atoms. The Morgan fingerprint density at radius 3 is 2.86 bits per heavy atom. The molecule has 1 aromatic rings. The molecule has 0 atom stereocenters. The Kier molecular flexibility index (Phi) is 2.86. The van der Waals surface area contributed by atoms with Gasteiger partial charge in [0.1, 0.15) is 0 Å². The van der Waals surface area contributed by atoms with Gasteiger partial charge in [-0.2, -0.15) is 0 Å². The van der Waals surface area contributed by atoms with Crippen LogP contribution in [0.1, 0.15) is 23.2 Å². The molecule has 0 bridgehead atoms. The summed E-state index contributed by atoms with van der Waals surface area (Å²) in [5.41, 5.74) is 0.589. The van der Waals surface area contributed by atoms with Crippen LogP contribution in [0.15, 0.2) is 15.2 Å². The topological polar surface area (TPSA) is 29.1 Å². The first-order valence-corrected chi connectivity index (χ1v) is 6.48. The number of halogens is 2. The van der Waals surface area contributed by atoms with E-state index in [1.807, 2.05) is 11.4 Å². The first-order chi connectivity index (χ1) is 6.65. The van der Waals surface area contributed by atoms with Crippen LogP contribution >= 0.6 is 38.9 Å². The Hall–Kier alpha value is -0.0600. The van der Waals surface area contributed by atoms with Gasteiger partial charge in [0.15, 0.2) is 0 Å². The van der Waals surface area contributed by atoms with Crippen molar-refractivity contribution in [3.8, 4) is 0 Å². The average Bonchev–Trinajstić information content (AvgIpc) is 2.80. The van der Waals surface area contributed by atoms with Crippen molar-refractivity contribution in [1.82, 2.24) is 5.32 Å². The summed E-state index contributed by atoms with van der Waals surface area (Å²) in [7, 11) is 0. The molecule has 1 aromatic heterocycles.